The highest BCUT2D eigenvalue weighted by atomic mass is 16.5. The van der Waals surface area contributed by atoms with Crippen LogP contribution in [-0.2, 0) is 14.3 Å². The van der Waals surface area contributed by atoms with Gasteiger partial charge in [-0.1, -0.05) is 0 Å². The van der Waals surface area contributed by atoms with E-state index in [4.69, 9.17) is 9.47 Å². The van der Waals surface area contributed by atoms with Crippen LogP contribution in [0.25, 0.3) is 0 Å². The van der Waals surface area contributed by atoms with Crippen LogP contribution < -0.4 is 5.32 Å². The summed E-state index contributed by atoms with van der Waals surface area (Å²) in [5.41, 5.74) is 0. The molecule has 0 aromatic rings. The van der Waals surface area contributed by atoms with Crippen LogP contribution in [0.4, 0.5) is 0 Å². The predicted octanol–water partition coefficient (Wildman–Crippen LogP) is 0.318. The van der Waals surface area contributed by atoms with Crippen LogP contribution in [0, 0.1) is 0 Å². The molecule has 13 heavy (non-hydrogen) atoms. The number of hydrogen-bond donors (Lipinski definition) is 1. The average molecular weight is 187 g/mol. The zero-order chi connectivity index (χ0) is 9.52. The molecule has 0 aliphatic carbocycles. The average Bonchev–Trinajstić information content (AvgIpc) is 2.17. The van der Waals surface area contributed by atoms with Gasteiger partial charge in [-0.25, -0.2) is 0 Å². The summed E-state index contributed by atoms with van der Waals surface area (Å²) < 4.78 is 10.3. The molecule has 1 saturated heterocycles. The second-order valence-electron chi connectivity index (χ2n) is 3.04. The molecular weight excluding hydrogens is 170 g/mol. The highest BCUT2D eigenvalue weighted by Crippen LogP contribution is 2.05. The van der Waals surface area contributed by atoms with Gasteiger partial charge in [-0.2, -0.15) is 0 Å². The minimum atomic E-state index is -0.128. The highest BCUT2D eigenvalue weighted by molar-refractivity contribution is 5.69. The molecule has 1 rings (SSSR count). The minimum absolute atomic E-state index is 0.128. The third kappa shape index (κ3) is 4.24. The molecule has 1 aliphatic heterocycles. The Morgan fingerprint density at radius 3 is 3.15 bits per heavy atom. The maximum atomic E-state index is 11.0. The van der Waals surface area contributed by atoms with E-state index in [1.165, 1.54) is 0 Å². The number of ether oxygens (including phenoxy) is 2. The summed E-state index contributed by atoms with van der Waals surface area (Å²) in [6.07, 6.45) is 1.39. The largest absolute Gasteiger partial charge is 0.466 e. The van der Waals surface area contributed by atoms with Crippen LogP contribution in [0.1, 0.15) is 19.8 Å². The minimum Gasteiger partial charge on any atom is -0.466 e. The Morgan fingerprint density at radius 1 is 1.69 bits per heavy atom. The Labute approximate surface area is 78.6 Å². The van der Waals surface area contributed by atoms with Crippen molar-refractivity contribution in [2.24, 2.45) is 0 Å². The molecule has 4 heteroatoms. The third-order valence-corrected chi connectivity index (χ3v) is 1.98. The van der Waals surface area contributed by atoms with Crippen molar-refractivity contribution in [2.75, 3.05) is 26.3 Å². The van der Waals surface area contributed by atoms with E-state index in [9.17, 15) is 4.79 Å². The zero-order valence-electron chi connectivity index (χ0n) is 8.04. The summed E-state index contributed by atoms with van der Waals surface area (Å²) in [6, 6.07) is 0. The van der Waals surface area contributed by atoms with Gasteiger partial charge in [-0.3, -0.25) is 4.79 Å². The van der Waals surface area contributed by atoms with Gasteiger partial charge in [-0.05, 0) is 13.3 Å². The molecule has 1 heterocycles. The van der Waals surface area contributed by atoms with Crippen LogP contribution in [0.5, 0.6) is 0 Å². The number of esters is 1. The Balaban J connectivity index is 2.06. The molecule has 0 aromatic carbocycles. The van der Waals surface area contributed by atoms with E-state index in [1.54, 1.807) is 0 Å². The fourth-order valence-electron chi connectivity index (χ4n) is 1.32. The standard InChI is InChI=1S/C9H17NO3/c1-2-12-9(11)4-3-8-7-10-5-6-13-8/h8,10H,2-7H2,1H3/t8-/m1/s1. The van der Waals surface area contributed by atoms with Gasteiger partial charge in [0.2, 0.25) is 0 Å². The van der Waals surface area contributed by atoms with Crippen molar-refractivity contribution in [2.45, 2.75) is 25.9 Å². The molecule has 0 aromatic heterocycles. The first-order valence-corrected chi connectivity index (χ1v) is 4.81. The van der Waals surface area contributed by atoms with Crippen LogP contribution in [0.15, 0.2) is 0 Å². The molecule has 0 radical (unpaired) electrons. The van der Waals surface area contributed by atoms with E-state index in [-0.39, 0.29) is 12.1 Å². The molecule has 1 aliphatic rings. The highest BCUT2D eigenvalue weighted by Gasteiger charge is 2.14. The van der Waals surface area contributed by atoms with Gasteiger partial charge in [0.05, 0.1) is 19.3 Å². The van der Waals surface area contributed by atoms with Crippen molar-refractivity contribution < 1.29 is 14.3 Å². The van der Waals surface area contributed by atoms with E-state index >= 15 is 0 Å². The summed E-state index contributed by atoms with van der Waals surface area (Å²) in [5.74, 6) is -0.128. The fraction of sp³-hybridized carbons (Fsp3) is 0.889. The Kier molecular flexibility index (Phi) is 4.78. The number of nitrogens with one attached hydrogen (secondary N) is 1. The number of hydrogen-bond acceptors (Lipinski definition) is 4. The zero-order valence-corrected chi connectivity index (χ0v) is 8.04. The topological polar surface area (TPSA) is 47.6 Å². The van der Waals surface area contributed by atoms with E-state index in [0.717, 1.165) is 26.1 Å². The molecule has 0 spiro atoms. The van der Waals surface area contributed by atoms with Crippen molar-refractivity contribution in [1.29, 1.82) is 0 Å². The normalized spacial score (nSPS) is 22.7. The van der Waals surface area contributed by atoms with Crippen molar-refractivity contribution in [3.63, 3.8) is 0 Å². The molecular formula is C9H17NO3. The second kappa shape index (κ2) is 5.94. The molecule has 0 saturated carbocycles. The summed E-state index contributed by atoms with van der Waals surface area (Å²) in [6.45, 7) is 4.78. The van der Waals surface area contributed by atoms with Gasteiger partial charge in [-0.15, -0.1) is 0 Å². The summed E-state index contributed by atoms with van der Waals surface area (Å²) in [7, 11) is 0. The number of carbonyl (C=O) groups is 1. The van der Waals surface area contributed by atoms with E-state index in [0.29, 0.717) is 13.0 Å². The van der Waals surface area contributed by atoms with Crippen molar-refractivity contribution >= 4 is 5.97 Å². The summed E-state index contributed by atoms with van der Waals surface area (Å²) in [5, 5.41) is 3.21. The monoisotopic (exact) mass is 187 g/mol. The number of carbonyl (C=O) groups excluding carboxylic acids is 1. The lowest BCUT2D eigenvalue weighted by Crippen LogP contribution is -2.38. The van der Waals surface area contributed by atoms with Crippen molar-refractivity contribution in [3.8, 4) is 0 Å². The van der Waals surface area contributed by atoms with Gasteiger partial charge in [0.15, 0.2) is 0 Å². The molecule has 0 amide bonds. The summed E-state index contributed by atoms with van der Waals surface area (Å²) >= 11 is 0. The smallest absolute Gasteiger partial charge is 0.305 e. The first kappa shape index (κ1) is 10.5. The first-order valence-electron chi connectivity index (χ1n) is 4.81. The molecule has 0 bridgehead atoms. The van der Waals surface area contributed by atoms with Crippen LogP contribution >= 0.6 is 0 Å². The van der Waals surface area contributed by atoms with E-state index in [1.807, 2.05) is 6.92 Å². The number of rotatable bonds is 4. The SMILES string of the molecule is CCOC(=O)CC[C@@H]1CNCCO1. The predicted molar refractivity (Wildman–Crippen MR) is 48.5 cm³/mol. The van der Waals surface area contributed by atoms with Gasteiger partial charge in [0, 0.05) is 19.5 Å². The lowest BCUT2D eigenvalue weighted by atomic mass is 10.2. The molecule has 1 atom stereocenters. The van der Waals surface area contributed by atoms with E-state index in [2.05, 4.69) is 5.32 Å². The maximum absolute atomic E-state index is 11.0. The van der Waals surface area contributed by atoms with Gasteiger partial charge >= 0.3 is 5.97 Å². The van der Waals surface area contributed by atoms with Gasteiger partial charge in [0.1, 0.15) is 0 Å². The Morgan fingerprint density at radius 2 is 2.54 bits per heavy atom. The van der Waals surface area contributed by atoms with Crippen molar-refractivity contribution in [3.05, 3.63) is 0 Å². The lowest BCUT2D eigenvalue weighted by molar-refractivity contribution is -0.144. The number of morpholine rings is 1. The molecule has 1 N–H and O–H groups in total. The molecule has 0 unspecified atom stereocenters. The van der Waals surface area contributed by atoms with Crippen LogP contribution in [-0.4, -0.2) is 38.4 Å². The van der Waals surface area contributed by atoms with Crippen molar-refractivity contribution in [1.82, 2.24) is 5.32 Å². The quantitative estimate of drug-likeness (QED) is 0.644. The third-order valence-electron chi connectivity index (χ3n) is 1.98. The van der Waals surface area contributed by atoms with Crippen LogP contribution in [0.2, 0.25) is 0 Å². The Bertz CT molecular complexity index is 155. The van der Waals surface area contributed by atoms with Gasteiger partial charge < -0.3 is 14.8 Å². The van der Waals surface area contributed by atoms with Crippen LogP contribution in [0.3, 0.4) is 0 Å². The summed E-state index contributed by atoms with van der Waals surface area (Å²) in [4.78, 5) is 11.0. The molecule has 76 valence electrons. The van der Waals surface area contributed by atoms with Gasteiger partial charge in [0.25, 0.3) is 0 Å². The fourth-order valence-corrected chi connectivity index (χ4v) is 1.32. The second-order valence-corrected chi connectivity index (χ2v) is 3.04. The first-order chi connectivity index (χ1) is 6.33. The molecule has 4 nitrogen and oxygen atoms in total. The van der Waals surface area contributed by atoms with E-state index < -0.39 is 0 Å². The lowest BCUT2D eigenvalue weighted by Gasteiger charge is -2.23. The Hall–Kier alpha value is -0.610. The maximum Gasteiger partial charge on any atom is 0.305 e. The molecule has 1 fully saturated rings.